The van der Waals surface area contributed by atoms with Crippen molar-refractivity contribution in [3.63, 3.8) is 0 Å². The molecule has 0 bridgehead atoms. The Hall–Kier alpha value is -1.55. The first-order valence-electron chi connectivity index (χ1n) is 5.29. The molecule has 1 saturated heterocycles. The number of hydrogen-bond donors (Lipinski definition) is 0. The lowest BCUT2D eigenvalue weighted by molar-refractivity contribution is -0.142. The fourth-order valence-corrected chi connectivity index (χ4v) is 2.09. The fourth-order valence-electron chi connectivity index (χ4n) is 1.97. The molecule has 0 radical (unpaired) electrons. The maximum Gasteiger partial charge on any atom is 0.328 e. The molecular formula is C12H12ClNO3. The van der Waals surface area contributed by atoms with E-state index in [-0.39, 0.29) is 11.9 Å². The smallest absolute Gasteiger partial charge is 0.328 e. The van der Waals surface area contributed by atoms with E-state index in [2.05, 4.69) is 0 Å². The number of carbonyl (C=O) groups excluding carboxylic acids is 2. The third-order valence-corrected chi connectivity index (χ3v) is 3.04. The number of esters is 1. The molecule has 0 aromatic heterocycles. The van der Waals surface area contributed by atoms with Crippen LogP contribution in [0.3, 0.4) is 0 Å². The van der Waals surface area contributed by atoms with Gasteiger partial charge in [-0.15, -0.1) is 0 Å². The molecule has 1 aromatic rings. The summed E-state index contributed by atoms with van der Waals surface area (Å²) < 4.78 is 4.70. The lowest BCUT2D eigenvalue weighted by atomic mass is 10.2. The maximum atomic E-state index is 11.8. The zero-order valence-corrected chi connectivity index (χ0v) is 10.1. The summed E-state index contributed by atoms with van der Waals surface area (Å²) in [6.45, 7) is 0. The first kappa shape index (κ1) is 11.9. The first-order chi connectivity index (χ1) is 8.13. The van der Waals surface area contributed by atoms with E-state index < -0.39 is 6.04 Å². The Morgan fingerprint density at radius 2 is 2.06 bits per heavy atom. The Morgan fingerprint density at radius 3 is 2.65 bits per heavy atom. The van der Waals surface area contributed by atoms with Gasteiger partial charge in [0.2, 0.25) is 5.91 Å². The molecular weight excluding hydrogens is 242 g/mol. The number of carbonyl (C=O) groups is 2. The van der Waals surface area contributed by atoms with Gasteiger partial charge in [-0.1, -0.05) is 11.6 Å². The molecule has 1 atom stereocenters. The van der Waals surface area contributed by atoms with E-state index in [1.807, 2.05) is 0 Å². The van der Waals surface area contributed by atoms with Crippen molar-refractivity contribution in [3.8, 4) is 0 Å². The predicted octanol–water partition coefficient (Wildman–Crippen LogP) is 2.01. The Morgan fingerprint density at radius 1 is 1.41 bits per heavy atom. The normalized spacial score (nSPS) is 19.5. The second-order valence-electron chi connectivity index (χ2n) is 3.82. The van der Waals surface area contributed by atoms with Crippen LogP contribution in [0, 0.1) is 0 Å². The highest BCUT2D eigenvalue weighted by molar-refractivity contribution is 6.30. The predicted molar refractivity (Wildman–Crippen MR) is 64.0 cm³/mol. The highest BCUT2D eigenvalue weighted by Crippen LogP contribution is 2.28. The Labute approximate surface area is 104 Å². The summed E-state index contributed by atoms with van der Waals surface area (Å²) >= 11 is 5.79. The average molecular weight is 254 g/mol. The number of methoxy groups -OCH3 is 1. The van der Waals surface area contributed by atoms with Gasteiger partial charge in [0.1, 0.15) is 6.04 Å². The van der Waals surface area contributed by atoms with Crippen LogP contribution in [0.2, 0.25) is 5.02 Å². The number of rotatable bonds is 2. The minimum absolute atomic E-state index is 0.0669. The van der Waals surface area contributed by atoms with Crippen LogP contribution in [0.15, 0.2) is 24.3 Å². The molecule has 1 heterocycles. The summed E-state index contributed by atoms with van der Waals surface area (Å²) in [6.07, 6.45) is 0.858. The van der Waals surface area contributed by atoms with Crippen LogP contribution in [0.1, 0.15) is 12.8 Å². The minimum Gasteiger partial charge on any atom is -0.467 e. The molecule has 1 aliphatic rings. The Balaban J connectivity index is 2.30. The van der Waals surface area contributed by atoms with Crippen molar-refractivity contribution in [2.24, 2.45) is 0 Å². The van der Waals surface area contributed by atoms with Crippen LogP contribution >= 0.6 is 11.6 Å². The molecule has 5 heteroatoms. The lowest BCUT2D eigenvalue weighted by Crippen LogP contribution is -2.39. The topological polar surface area (TPSA) is 46.6 Å². The van der Waals surface area contributed by atoms with Gasteiger partial charge in [-0.05, 0) is 30.7 Å². The van der Waals surface area contributed by atoms with Crippen molar-refractivity contribution in [1.29, 1.82) is 0 Å². The van der Waals surface area contributed by atoms with Crippen LogP contribution in [0.25, 0.3) is 0 Å². The number of nitrogens with zero attached hydrogens (tertiary/aromatic N) is 1. The van der Waals surface area contributed by atoms with Crippen LogP contribution < -0.4 is 4.90 Å². The first-order valence-corrected chi connectivity index (χ1v) is 5.66. The van der Waals surface area contributed by atoms with E-state index in [1.54, 1.807) is 24.3 Å². The number of halogens is 1. The third kappa shape index (κ3) is 2.26. The number of hydrogen-bond acceptors (Lipinski definition) is 3. The second-order valence-corrected chi connectivity index (χ2v) is 4.25. The summed E-state index contributed by atoms with van der Waals surface area (Å²) in [5.74, 6) is -0.450. The van der Waals surface area contributed by atoms with Gasteiger partial charge in [-0.3, -0.25) is 9.69 Å². The molecule has 0 spiro atoms. The van der Waals surface area contributed by atoms with Crippen molar-refractivity contribution in [2.75, 3.05) is 12.0 Å². The van der Waals surface area contributed by atoms with Gasteiger partial charge >= 0.3 is 5.97 Å². The summed E-state index contributed by atoms with van der Waals surface area (Å²) in [5.41, 5.74) is 0.673. The Bertz CT molecular complexity index is 444. The number of benzene rings is 1. The van der Waals surface area contributed by atoms with Crippen molar-refractivity contribution in [2.45, 2.75) is 18.9 Å². The molecule has 17 heavy (non-hydrogen) atoms. The molecule has 1 aliphatic heterocycles. The minimum atomic E-state index is -0.520. The third-order valence-electron chi connectivity index (χ3n) is 2.79. The summed E-state index contributed by atoms with van der Waals surface area (Å²) in [5, 5.41) is 0.593. The molecule has 0 unspecified atom stereocenters. The second kappa shape index (κ2) is 4.75. The molecule has 0 N–H and O–H groups in total. The van der Waals surface area contributed by atoms with Crippen molar-refractivity contribution in [1.82, 2.24) is 0 Å². The molecule has 0 saturated carbocycles. The summed E-state index contributed by atoms with van der Waals surface area (Å²) in [7, 11) is 1.32. The van der Waals surface area contributed by atoms with Crippen LogP contribution in [-0.2, 0) is 14.3 Å². The monoisotopic (exact) mass is 253 g/mol. The van der Waals surface area contributed by atoms with Gasteiger partial charge in [0.05, 0.1) is 7.11 Å². The highest BCUT2D eigenvalue weighted by Gasteiger charge is 2.37. The van der Waals surface area contributed by atoms with Crippen molar-refractivity contribution < 1.29 is 14.3 Å². The SMILES string of the molecule is COC(=O)[C@H]1CCC(=O)N1c1ccc(Cl)cc1. The average Bonchev–Trinajstić information content (AvgIpc) is 2.71. The highest BCUT2D eigenvalue weighted by atomic mass is 35.5. The zero-order chi connectivity index (χ0) is 12.4. The largest absolute Gasteiger partial charge is 0.467 e. The van der Waals surface area contributed by atoms with Crippen molar-refractivity contribution >= 4 is 29.2 Å². The van der Waals surface area contributed by atoms with E-state index in [0.29, 0.717) is 23.6 Å². The van der Waals surface area contributed by atoms with Gasteiger partial charge in [-0.2, -0.15) is 0 Å². The Kier molecular flexibility index (Phi) is 3.33. The van der Waals surface area contributed by atoms with Gasteiger partial charge < -0.3 is 4.74 Å². The van der Waals surface area contributed by atoms with Crippen LogP contribution in [0.4, 0.5) is 5.69 Å². The fraction of sp³-hybridized carbons (Fsp3) is 0.333. The molecule has 90 valence electrons. The van der Waals surface area contributed by atoms with Gasteiger partial charge in [0, 0.05) is 17.1 Å². The quantitative estimate of drug-likeness (QED) is 0.758. The van der Waals surface area contributed by atoms with Crippen LogP contribution in [0.5, 0.6) is 0 Å². The molecule has 1 fully saturated rings. The van der Waals surface area contributed by atoms with Crippen LogP contribution in [-0.4, -0.2) is 25.0 Å². The van der Waals surface area contributed by atoms with E-state index in [4.69, 9.17) is 16.3 Å². The van der Waals surface area contributed by atoms with E-state index >= 15 is 0 Å². The molecule has 0 aliphatic carbocycles. The molecule has 2 rings (SSSR count). The number of anilines is 1. The van der Waals surface area contributed by atoms with Gasteiger partial charge in [0.15, 0.2) is 0 Å². The van der Waals surface area contributed by atoms with E-state index in [9.17, 15) is 9.59 Å². The lowest BCUT2D eigenvalue weighted by Gasteiger charge is -2.22. The van der Waals surface area contributed by atoms with E-state index in [0.717, 1.165) is 0 Å². The van der Waals surface area contributed by atoms with E-state index in [1.165, 1.54) is 12.0 Å². The van der Waals surface area contributed by atoms with Crippen molar-refractivity contribution in [3.05, 3.63) is 29.3 Å². The standard InChI is InChI=1S/C12H12ClNO3/c1-17-12(16)10-6-7-11(15)14(10)9-4-2-8(13)3-5-9/h2-5,10H,6-7H2,1H3/t10-/m1/s1. The molecule has 1 amide bonds. The van der Waals surface area contributed by atoms with Gasteiger partial charge in [0.25, 0.3) is 0 Å². The maximum absolute atomic E-state index is 11.8. The molecule has 4 nitrogen and oxygen atoms in total. The van der Waals surface area contributed by atoms with Gasteiger partial charge in [-0.25, -0.2) is 4.79 Å². The number of amides is 1. The molecule has 1 aromatic carbocycles. The number of ether oxygens (including phenoxy) is 1. The summed E-state index contributed by atoms with van der Waals surface area (Å²) in [6, 6.07) is 6.31. The summed E-state index contributed by atoms with van der Waals surface area (Å²) in [4.78, 5) is 24.8. The zero-order valence-electron chi connectivity index (χ0n) is 9.35.